The lowest BCUT2D eigenvalue weighted by Gasteiger charge is -2.19. The molecule has 1 amide bonds. The molecule has 0 aromatic carbocycles. The molecule has 2 N–H and O–H groups in total. The Bertz CT molecular complexity index is 824. The summed E-state index contributed by atoms with van der Waals surface area (Å²) in [4.78, 5) is 31.6. The number of hydrogen-bond donors (Lipinski definition) is 2. The summed E-state index contributed by atoms with van der Waals surface area (Å²) in [7, 11) is 0. The fourth-order valence-corrected chi connectivity index (χ4v) is 3.42. The molecule has 7 nitrogen and oxygen atoms in total. The third-order valence-corrected chi connectivity index (χ3v) is 4.67. The van der Waals surface area contributed by atoms with Gasteiger partial charge in [-0.1, -0.05) is 0 Å². The number of rotatable bonds is 5. The molecule has 7 heteroatoms. The number of carbonyl (C=O) groups is 1. The molecule has 25 heavy (non-hydrogen) atoms. The number of ether oxygens (including phenoxy) is 1. The molecule has 1 saturated heterocycles. The zero-order valence-corrected chi connectivity index (χ0v) is 14.8. The third-order valence-electron chi connectivity index (χ3n) is 4.67. The Kier molecular flexibility index (Phi) is 5.03. The van der Waals surface area contributed by atoms with Gasteiger partial charge in [0, 0.05) is 43.7 Å². The van der Waals surface area contributed by atoms with Crippen LogP contribution in [-0.2, 0) is 11.3 Å². The standard InChI is InChI=1S/C18H24N4O3/c1-4-22-7-6-19-16(22)15-13(5-8-25-15)10-20-17(23)14-11(2)9-12(3)21-18(14)24/h6-7,9,13,15H,4-5,8,10H2,1-3H3,(H,20,23)(H,21,24)/t13-,15+/m0/s1. The Balaban J connectivity index is 1.71. The van der Waals surface area contributed by atoms with E-state index in [0.29, 0.717) is 18.7 Å². The minimum atomic E-state index is -0.351. The highest BCUT2D eigenvalue weighted by Gasteiger charge is 2.33. The van der Waals surface area contributed by atoms with Crippen molar-refractivity contribution >= 4 is 5.91 Å². The Hall–Kier alpha value is -2.41. The topological polar surface area (TPSA) is 89.0 Å². The second kappa shape index (κ2) is 7.23. The van der Waals surface area contributed by atoms with Crippen LogP contribution in [-0.4, -0.2) is 33.6 Å². The number of nitrogens with one attached hydrogen (secondary N) is 2. The molecule has 0 aliphatic carbocycles. The number of imidazole rings is 1. The van der Waals surface area contributed by atoms with E-state index in [0.717, 1.165) is 24.5 Å². The van der Waals surface area contributed by atoms with Crippen molar-refractivity contribution in [1.82, 2.24) is 19.9 Å². The zero-order chi connectivity index (χ0) is 18.0. The molecule has 2 aromatic rings. The first kappa shape index (κ1) is 17.4. The maximum absolute atomic E-state index is 12.5. The highest BCUT2D eigenvalue weighted by atomic mass is 16.5. The molecule has 2 aromatic heterocycles. The normalized spacial score (nSPS) is 20.0. The van der Waals surface area contributed by atoms with Crippen molar-refractivity contribution in [2.45, 2.75) is 39.8 Å². The van der Waals surface area contributed by atoms with Crippen molar-refractivity contribution in [1.29, 1.82) is 0 Å². The molecular weight excluding hydrogens is 320 g/mol. The van der Waals surface area contributed by atoms with Crippen LogP contribution >= 0.6 is 0 Å². The van der Waals surface area contributed by atoms with Crippen molar-refractivity contribution in [3.05, 3.63) is 51.5 Å². The Morgan fingerprint density at radius 2 is 2.28 bits per heavy atom. The molecule has 1 fully saturated rings. The summed E-state index contributed by atoms with van der Waals surface area (Å²) in [6.45, 7) is 7.55. The van der Waals surface area contributed by atoms with E-state index in [2.05, 4.69) is 26.8 Å². The van der Waals surface area contributed by atoms with E-state index in [1.807, 2.05) is 6.20 Å². The van der Waals surface area contributed by atoms with Gasteiger partial charge in [-0.05, 0) is 38.8 Å². The average Bonchev–Trinajstić information content (AvgIpc) is 3.20. The fraction of sp³-hybridized carbons (Fsp3) is 0.500. The first-order chi connectivity index (χ1) is 12.0. The van der Waals surface area contributed by atoms with Gasteiger partial charge in [0.15, 0.2) is 0 Å². The zero-order valence-electron chi connectivity index (χ0n) is 14.8. The van der Waals surface area contributed by atoms with Crippen LogP contribution in [0.2, 0.25) is 0 Å². The van der Waals surface area contributed by atoms with Crippen LogP contribution in [0.1, 0.15) is 46.9 Å². The molecule has 3 heterocycles. The first-order valence-electron chi connectivity index (χ1n) is 8.62. The molecule has 0 radical (unpaired) electrons. The molecule has 1 aliphatic rings. The van der Waals surface area contributed by atoms with Gasteiger partial charge in [-0.15, -0.1) is 0 Å². The van der Waals surface area contributed by atoms with Crippen LogP contribution in [0, 0.1) is 19.8 Å². The summed E-state index contributed by atoms with van der Waals surface area (Å²) < 4.78 is 7.91. The lowest BCUT2D eigenvalue weighted by atomic mass is 10.0. The van der Waals surface area contributed by atoms with Gasteiger partial charge in [0.2, 0.25) is 0 Å². The maximum Gasteiger partial charge on any atom is 0.261 e. The van der Waals surface area contributed by atoms with Crippen LogP contribution in [0.4, 0.5) is 0 Å². The van der Waals surface area contributed by atoms with Crippen molar-refractivity contribution in [3.63, 3.8) is 0 Å². The molecule has 0 unspecified atom stereocenters. The second-order valence-corrected chi connectivity index (χ2v) is 6.46. The second-order valence-electron chi connectivity index (χ2n) is 6.46. The highest BCUT2D eigenvalue weighted by molar-refractivity contribution is 5.95. The summed E-state index contributed by atoms with van der Waals surface area (Å²) in [5, 5.41) is 2.90. The number of H-pyrrole nitrogens is 1. The number of nitrogens with zero attached hydrogens (tertiary/aromatic N) is 2. The Morgan fingerprint density at radius 1 is 1.48 bits per heavy atom. The van der Waals surface area contributed by atoms with Crippen molar-refractivity contribution in [3.8, 4) is 0 Å². The predicted octanol–water partition coefficient (Wildman–Crippen LogP) is 1.72. The summed E-state index contributed by atoms with van der Waals surface area (Å²) in [5.74, 6) is 0.688. The largest absolute Gasteiger partial charge is 0.370 e. The Morgan fingerprint density at radius 3 is 3.00 bits per heavy atom. The smallest absolute Gasteiger partial charge is 0.261 e. The van der Waals surface area contributed by atoms with Crippen molar-refractivity contribution in [2.24, 2.45) is 5.92 Å². The summed E-state index contributed by atoms with van der Waals surface area (Å²) in [6.07, 6.45) is 4.42. The predicted molar refractivity (Wildman–Crippen MR) is 93.6 cm³/mol. The van der Waals surface area contributed by atoms with Gasteiger partial charge in [0.1, 0.15) is 17.5 Å². The van der Waals surface area contributed by atoms with Gasteiger partial charge >= 0.3 is 0 Å². The molecule has 1 aliphatic heterocycles. The Labute approximate surface area is 146 Å². The fourth-order valence-electron chi connectivity index (χ4n) is 3.42. The van der Waals surface area contributed by atoms with Crippen molar-refractivity contribution in [2.75, 3.05) is 13.2 Å². The average molecular weight is 344 g/mol. The highest BCUT2D eigenvalue weighted by Crippen LogP contribution is 2.33. The molecule has 0 spiro atoms. The van der Waals surface area contributed by atoms with E-state index in [1.165, 1.54) is 0 Å². The maximum atomic E-state index is 12.5. The third kappa shape index (κ3) is 3.51. The van der Waals surface area contributed by atoms with Gasteiger partial charge in [-0.25, -0.2) is 4.98 Å². The quantitative estimate of drug-likeness (QED) is 0.864. The molecular formula is C18H24N4O3. The van der Waals surface area contributed by atoms with E-state index in [9.17, 15) is 9.59 Å². The lowest BCUT2D eigenvalue weighted by Crippen LogP contribution is -2.35. The number of pyridine rings is 1. The molecule has 2 atom stereocenters. The number of amides is 1. The SMILES string of the molecule is CCn1ccnc1[C@@H]1OCC[C@H]1CNC(=O)c1c(C)cc(C)[nH]c1=O. The van der Waals surface area contributed by atoms with E-state index < -0.39 is 0 Å². The van der Waals surface area contributed by atoms with Gasteiger partial charge in [0.25, 0.3) is 11.5 Å². The summed E-state index contributed by atoms with van der Waals surface area (Å²) in [6, 6.07) is 1.80. The van der Waals surface area contributed by atoms with Crippen LogP contribution in [0.15, 0.2) is 23.3 Å². The molecule has 3 rings (SSSR count). The first-order valence-corrected chi connectivity index (χ1v) is 8.62. The molecule has 134 valence electrons. The summed E-state index contributed by atoms with van der Waals surface area (Å²) >= 11 is 0. The van der Waals surface area contributed by atoms with Gasteiger partial charge in [0.05, 0.1) is 0 Å². The number of aromatic amines is 1. The number of aryl methyl sites for hydroxylation is 3. The monoisotopic (exact) mass is 344 g/mol. The van der Waals surface area contributed by atoms with Gasteiger partial charge < -0.3 is 19.6 Å². The number of aromatic nitrogens is 3. The van der Waals surface area contributed by atoms with Crippen LogP contribution in [0.5, 0.6) is 0 Å². The summed E-state index contributed by atoms with van der Waals surface area (Å²) in [5.41, 5.74) is 1.25. The van der Waals surface area contributed by atoms with E-state index in [1.54, 1.807) is 26.1 Å². The van der Waals surface area contributed by atoms with Crippen LogP contribution < -0.4 is 10.9 Å². The molecule has 0 saturated carbocycles. The number of hydrogen-bond acceptors (Lipinski definition) is 4. The van der Waals surface area contributed by atoms with Crippen LogP contribution in [0.3, 0.4) is 0 Å². The van der Waals surface area contributed by atoms with Gasteiger partial charge in [-0.3, -0.25) is 9.59 Å². The van der Waals surface area contributed by atoms with Crippen LogP contribution in [0.25, 0.3) is 0 Å². The minimum absolute atomic E-state index is 0.132. The molecule has 0 bridgehead atoms. The van der Waals surface area contributed by atoms with E-state index in [4.69, 9.17) is 4.74 Å². The van der Waals surface area contributed by atoms with E-state index in [-0.39, 0.29) is 29.1 Å². The number of carbonyl (C=O) groups excluding carboxylic acids is 1. The minimum Gasteiger partial charge on any atom is -0.370 e. The van der Waals surface area contributed by atoms with Gasteiger partial charge in [-0.2, -0.15) is 0 Å². The van der Waals surface area contributed by atoms with E-state index >= 15 is 0 Å². The van der Waals surface area contributed by atoms with Crippen molar-refractivity contribution < 1.29 is 9.53 Å². The lowest BCUT2D eigenvalue weighted by molar-refractivity contribution is 0.0773.